The quantitative estimate of drug-likeness (QED) is 0.730. The molecular weight excluding hydrogens is 318 g/mol. The molecule has 0 heterocycles. The van der Waals surface area contributed by atoms with Gasteiger partial charge in [-0.05, 0) is 29.7 Å². The van der Waals surface area contributed by atoms with Crippen LogP contribution in [0.5, 0.6) is 5.75 Å². The highest BCUT2D eigenvalue weighted by Crippen LogP contribution is 2.26. The number of hydrogen-bond acceptors (Lipinski definition) is 3. The molecule has 20 heavy (non-hydrogen) atoms. The number of halogens is 1. The lowest BCUT2D eigenvalue weighted by atomic mass is 10.00. The lowest BCUT2D eigenvalue weighted by Crippen LogP contribution is -2.23. The lowest BCUT2D eigenvalue weighted by molar-refractivity contribution is 0.200. The van der Waals surface area contributed by atoms with E-state index in [9.17, 15) is 0 Å². The number of benzene rings is 1. The summed E-state index contributed by atoms with van der Waals surface area (Å²) in [6.07, 6.45) is 2.22. The minimum absolute atomic E-state index is 0.489. The Balaban J connectivity index is 2.84. The van der Waals surface area contributed by atoms with E-state index in [1.54, 1.807) is 14.2 Å². The average Bonchev–Trinajstić information content (AvgIpc) is 2.43. The zero-order valence-corrected chi connectivity index (χ0v) is 14.3. The Hall–Kier alpha value is -0.840. The summed E-state index contributed by atoms with van der Waals surface area (Å²) in [6.45, 7) is 6.87. The fraction of sp³-hybridized carbons (Fsp3) is 0.500. The fourth-order valence-corrected chi connectivity index (χ4v) is 2.15. The van der Waals surface area contributed by atoms with Crippen LogP contribution in [0.2, 0.25) is 0 Å². The molecule has 0 aliphatic carbocycles. The summed E-state index contributed by atoms with van der Waals surface area (Å²) in [5.41, 5.74) is 2.50. The maximum absolute atomic E-state index is 5.28. The van der Waals surface area contributed by atoms with E-state index < -0.39 is 0 Å². The molecule has 0 bridgehead atoms. The summed E-state index contributed by atoms with van der Waals surface area (Å²) < 4.78 is 11.4. The van der Waals surface area contributed by atoms with Crippen molar-refractivity contribution in [2.75, 3.05) is 33.9 Å². The van der Waals surface area contributed by atoms with Crippen molar-refractivity contribution in [3.8, 4) is 5.75 Å². The standard InChI is InChI=1S/C16H24BrNO2/c1-12(2)14(11-18-7-8-19-3)9-13-10-15(20-4)5-6-16(13)17/h5-6,9-10,12,18H,7-8,11H2,1-4H3/b14-9-. The molecule has 0 radical (unpaired) electrons. The Morgan fingerprint density at radius 3 is 2.70 bits per heavy atom. The van der Waals surface area contributed by atoms with Crippen LogP contribution < -0.4 is 10.1 Å². The Morgan fingerprint density at radius 2 is 2.10 bits per heavy atom. The van der Waals surface area contributed by atoms with Gasteiger partial charge in [0, 0.05) is 24.7 Å². The molecule has 0 fully saturated rings. The normalized spacial score (nSPS) is 12.0. The second-order valence-electron chi connectivity index (χ2n) is 4.93. The van der Waals surface area contributed by atoms with Crippen LogP contribution >= 0.6 is 15.9 Å². The van der Waals surface area contributed by atoms with Crippen LogP contribution in [0.4, 0.5) is 0 Å². The van der Waals surface area contributed by atoms with Gasteiger partial charge in [-0.3, -0.25) is 0 Å². The maximum Gasteiger partial charge on any atom is 0.119 e. The van der Waals surface area contributed by atoms with E-state index in [1.807, 2.05) is 18.2 Å². The minimum atomic E-state index is 0.489. The highest BCUT2D eigenvalue weighted by Gasteiger charge is 2.06. The number of nitrogens with one attached hydrogen (secondary N) is 1. The summed E-state index contributed by atoms with van der Waals surface area (Å²) in [4.78, 5) is 0. The average molecular weight is 342 g/mol. The SMILES string of the molecule is COCCNC/C(=C/c1cc(OC)ccc1Br)C(C)C. The van der Waals surface area contributed by atoms with Gasteiger partial charge >= 0.3 is 0 Å². The summed E-state index contributed by atoms with van der Waals surface area (Å²) in [5, 5.41) is 3.40. The Kier molecular flexibility index (Phi) is 7.88. The van der Waals surface area contributed by atoms with Crippen molar-refractivity contribution in [1.29, 1.82) is 0 Å². The number of ether oxygens (including phenoxy) is 2. The lowest BCUT2D eigenvalue weighted by Gasteiger charge is -2.14. The van der Waals surface area contributed by atoms with Crippen LogP contribution in [0.3, 0.4) is 0 Å². The molecule has 0 spiro atoms. The maximum atomic E-state index is 5.28. The van der Waals surface area contributed by atoms with Crippen LogP contribution in [-0.2, 0) is 4.74 Å². The Morgan fingerprint density at radius 1 is 1.35 bits per heavy atom. The van der Waals surface area contributed by atoms with E-state index in [0.717, 1.165) is 35.5 Å². The minimum Gasteiger partial charge on any atom is -0.497 e. The molecule has 3 nitrogen and oxygen atoms in total. The summed E-state index contributed by atoms with van der Waals surface area (Å²) in [7, 11) is 3.40. The monoisotopic (exact) mass is 341 g/mol. The van der Waals surface area contributed by atoms with Crippen molar-refractivity contribution in [2.45, 2.75) is 13.8 Å². The van der Waals surface area contributed by atoms with E-state index >= 15 is 0 Å². The molecule has 1 aromatic carbocycles. The number of rotatable bonds is 8. The van der Waals surface area contributed by atoms with Gasteiger partial charge < -0.3 is 14.8 Å². The van der Waals surface area contributed by atoms with Crippen molar-refractivity contribution in [3.63, 3.8) is 0 Å². The first-order valence-electron chi connectivity index (χ1n) is 6.82. The second-order valence-corrected chi connectivity index (χ2v) is 5.79. The topological polar surface area (TPSA) is 30.5 Å². The highest BCUT2D eigenvalue weighted by molar-refractivity contribution is 9.10. The van der Waals surface area contributed by atoms with Gasteiger partial charge in [-0.1, -0.05) is 41.4 Å². The molecule has 0 amide bonds. The van der Waals surface area contributed by atoms with Crippen molar-refractivity contribution >= 4 is 22.0 Å². The van der Waals surface area contributed by atoms with Crippen molar-refractivity contribution < 1.29 is 9.47 Å². The van der Waals surface area contributed by atoms with Gasteiger partial charge in [0.2, 0.25) is 0 Å². The zero-order valence-electron chi connectivity index (χ0n) is 12.7. The molecule has 1 rings (SSSR count). The summed E-state index contributed by atoms with van der Waals surface area (Å²) in [5.74, 6) is 1.36. The molecule has 112 valence electrons. The van der Waals surface area contributed by atoms with E-state index in [4.69, 9.17) is 9.47 Å². The molecule has 0 saturated heterocycles. The molecule has 0 aromatic heterocycles. The largest absolute Gasteiger partial charge is 0.497 e. The van der Waals surface area contributed by atoms with Gasteiger partial charge in [0.25, 0.3) is 0 Å². The van der Waals surface area contributed by atoms with Crippen LogP contribution in [0, 0.1) is 5.92 Å². The van der Waals surface area contributed by atoms with Gasteiger partial charge in [-0.2, -0.15) is 0 Å². The Labute approximate surface area is 130 Å². The van der Waals surface area contributed by atoms with E-state index in [-0.39, 0.29) is 0 Å². The van der Waals surface area contributed by atoms with Gasteiger partial charge in [0.1, 0.15) is 5.75 Å². The Bertz CT molecular complexity index is 444. The molecule has 0 unspecified atom stereocenters. The molecule has 0 atom stereocenters. The molecule has 4 heteroatoms. The van der Waals surface area contributed by atoms with Gasteiger partial charge in [-0.15, -0.1) is 0 Å². The third-order valence-corrected chi connectivity index (χ3v) is 3.82. The molecule has 1 N–H and O–H groups in total. The van der Waals surface area contributed by atoms with Gasteiger partial charge in [0.15, 0.2) is 0 Å². The highest BCUT2D eigenvalue weighted by atomic mass is 79.9. The van der Waals surface area contributed by atoms with Gasteiger partial charge in [0.05, 0.1) is 13.7 Å². The summed E-state index contributed by atoms with van der Waals surface area (Å²) >= 11 is 3.59. The molecule has 0 saturated carbocycles. The van der Waals surface area contributed by atoms with E-state index in [2.05, 4.69) is 41.2 Å². The molecule has 0 aliphatic rings. The molecule has 0 aliphatic heterocycles. The first-order valence-corrected chi connectivity index (χ1v) is 7.61. The molecular formula is C16H24BrNO2. The van der Waals surface area contributed by atoms with Crippen molar-refractivity contribution in [2.24, 2.45) is 5.92 Å². The second kappa shape index (κ2) is 9.16. The van der Waals surface area contributed by atoms with Crippen LogP contribution in [0.1, 0.15) is 19.4 Å². The number of methoxy groups -OCH3 is 2. The van der Waals surface area contributed by atoms with Gasteiger partial charge in [-0.25, -0.2) is 0 Å². The van der Waals surface area contributed by atoms with Crippen LogP contribution in [-0.4, -0.2) is 33.9 Å². The zero-order chi connectivity index (χ0) is 15.0. The van der Waals surface area contributed by atoms with E-state index in [0.29, 0.717) is 5.92 Å². The van der Waals surface area contributed by atoms with Crippen molar-refractivity contribution in [1.82, 2.24) is 5.32 Å². The predicted molar refractivity (Wildman–Crippen MR) is 88.3 cm³/mol. The van der Waals surface area contributed by atoms with Crippen LogP contribution in [0.15, 0.2) is 28.2 Å². The third-order valence-electron chi connectivity index (χ3n) is 3.10. The predicted octanol–water partition coefficient (Wildman–Crippen LogP) is 3.73. The fourth-order valence-electron chi connectivity index (χ4n) is 1.79. The van der Waals surface area contributed by atoms with E-state index in [1.165, 1.54) is 5.57 Å². The third kappa shape index (κ3) is 5.65. The van der Waals surface area contributed by atoms with Crippen molar-refractivity contribution in [3.05, 3.63) is 33.8 Å². The molecule has 1 aromatic rings. The number of hydrogen-bond donors (Lipinski definition) is 1. The summed E-state index contributed by atoms with van der Waals surface area (Å²) in [6, 6.07) is 6.01. The smallest absolute Gasteiger partial charge is 0.119 e. The first-order chi connectivity index (χ1) is 9.58. The van der Waals surface area contributed by atoms with Crippen LogP contribution in [0.25, 0.3) is 6.08 Å². The first kappa shape index (κ1) is 17.2.